The van der Waals surface area contributed by atoms with Crippen LogP contribution in [0.1, 0.15) is 0 Å². The van der Waals surface area contributed by atoms with E-state index < -0.39 is 0 Å². The predicted octanol–water partition coefficient (Wildman–Crippen LogP) is 2.75. The van der Waals surface area contributed by atoms with Crippen LogP contribution in [0.4, 0.5) is 17.5 Å². The maximum Gasteiger partial charge on any atom is 0.227 e. The van der Waals surface area contributed by atoms with Crippen LogP contribution in [0.15, 0.2) is 42.7 Å². The van der Waals surface area contributed by atoms with E-state index in [1.165, 1.54) is 0 Å². The van der Waals surface area contributed by atoms with Crippen molar-refractivity contribution in [1.29, 1.82) is 0 Å². The Bertz CT molecular complexity index is 1050. The van der Waals surface area contributed by atoms with Crippen molar-refractivity contribution in [1.82, 2.24) is 19.9 Å². The van der Waals surface area contributed by atoms with Crippen molar-refractivity contribution >= 4 is 40.0 Å². The standard InChI is InChI=1S/C23H28ClN7O/c24-18-1-2-19-20(3-5-25-21(19)17-18)26-7-8-29-9-11-30(12-10-29)22-4-6-27-23(28-22)31-13-15-32-16-14-31/h1-6,17H,7-16H2,(H,25,26). The first-order valence-electron chi connectivity index (χ1n) is 11.2. The van der Waals surface area contributed by atoms with Crippen LogP contribution in [0.2, 0.25) is 5.02 Å². The molecule has 5 rings (SSSR count). The van der Waals surface area contributed by atoms with Crippen molar-refractivity contribution in [3.8, 4) is 0 Å². The summed E-state index contributed by atoms with van der Waals surface area (Å²) in [4.78, 5) is 20.8. The number of rotatable bonds is 6. The number of aromatic nitrogens is 3. The summed E-state index contributed by atoms with van der Waals surface area (Å²) in [5, 5.41) is 5.37. The lowest BCUT2D eigenvalue weighted by atomic mass is 10.2. The van der Waals surface area contributed by atoms with Crippen LogP contribution in [-0.4, -0.2) is 85.4 Å². The van der Waals surface area contributed by atoms with Crippen LogP contribution in [0, 0.1) is 0 Å². The highest BCUT2D eigenvalue weighted by molar-refractivity contribution is 6.31. The first-order chi connectivity index (χ1) is 15.8. The summed E-state index contributed by atoms with van der Waals surface area (Å²) in [6.07, 6.45) is 3.70. The molecule has 0 spiro atoms. The van der Waals surface area contributed by atoms with E-state index in [2.05, 4.69) is 30.0 Å². The SMILES string of the molecule is Clc1ccc2c(NCCN3CCN(c4ccnc(N5CCOCC5)n4)CC3)ccnc2c1. The molecule has 0 radical (unpaired) electrons. The summed E-state index contributed by atoms with van der Waals surface area (Å²) in [6.45, 7) is 9.04. The lowest BCUT2D eigenvalue weighted by molar-refractivity contribution is 0.122. The largest absolute Gasteiger partial charge is 0.383 e. The second kappa shape index (κ2) is 9.85. The van der Waals surface area contributed by atoms with Crippen LogP contribution in [-0.2, 0) is 4.74 Å². The maximum absolute atomic E-state index is 6.09. The van der Waals surface area contributed by atoms with E-state index in [1.807, 2.05) is 42.7 Å². The molecule has 1 N–H and O–H groups in total. The normalized spacial score (nSPS) is 17.7. The van der Waals surface area contributed by atoms with E-state index in [1.54, 1.807) is 0 Å². The topological polar surface area (TPSA) is 69.7 Å². The summed E-state index contributed by atoms with van der Waals surface area (Å²) in [6, 6.07) is 9.88. The lowest BCUT2D eigenvalue weighted by Gasteiger charge is -2.36. The van der Waals surface area contributed by atoms with E-state index in [-0.39, 0.29) is 0 Å². The Morgan fingerprint density at radius 1 is 0.906 bits per heavy atom. The van der Waals surface area contributed by atoms with Crippen LogP contribution in [0.3, 0.4) is 0 Å². The highest BCUT2D eigenvalue weighted by Crippen LogP contribution is 2.24. The average Bonchev–Trinajstić information content (AvgIpc) is 2.85. The number of halogens is 1. The molecular weight excluding hydrogens is 426 g/mol. The number of morpholine rings is 1. The molecule has 2 saturated heterocycles. The summed E-state index contributed by atoms with van der Waals surface area (Å²) < 4.78 is 5.44. The molecule has 32 heavy (non-hydrogen) atoms. The predicted molar refractivity (Wildman–Crippen MR) is 129 cm³/mol. The summed E-state index contributed by atoms with van der Waals surface area (Å²) in [7, 11) is 0. The number of hydrogen-bond acceptors (Lipinski definition) is 8. The van der Waals surface area contributed by atoms with Gasteiger partial charge in [0.15, 0.2) is 0 Å². The molecule has 168 valence electrons. The Balaban J connectivity index is 1.13. The van der Waals surface area contributed by atoms with E-state index in [0.29, 0.717) is 5.02 Å². The fraction of sp³-hybridized carbons (Fsp3) is 0.435. The number of nitrogens with zero attached hydrogens (tertiary/aromatic N) is 6. The third-order valence-corrected chi connectivity index (χ3v) is 6.30. The molecule has 0 saturated carbocycles. The number of ether oxygens (including phenoxy) is 1. The second-order valence-electron chi connectivity index (χ2n) is 8.09. The van der Waals surface area contributed by atoms with E-state index >= 15 is 0 Å². The molecule has 2 fully saturated rings. The maximum atomic E-state index is 6.09. The molecule has 4 heterocycles. The Kier molecular flexibility index (Phi) is 6.52. The molecule has 1 aromatic carbocycles. The first-order valence-corrected chi connectivity index (χ1v) is 11.6. The van der Waals surface area contributed by atoms with Gasteiger partial charge in [0.1, 0.15) is 5.82 Å². The highest BCUT2D eigenvalue weighted by Gasteiger charge is 2.20. The summed E-state index contributed by atoms with van der Waals surface area (Å²) in [5.74, 6) is 1.82. The van der Waals surface area contributed by atoms with Gasteiger partial charge in [0.05, 0.1) is 18.7 Å². The molecule has 0 unspecified atom stereocenters. The van der Waals surface area contributed by atoms with Gasteiger partial charge in [0, 0.05) is 80.8 Å². The first kappa shape index (κ1) is 21.2. The Hall–Kier alpha value is -2.68. The minimum atomic E-state index is 0.709. The van der Waals surface area contributed by atoms with E-state index in [9.17, 15) is 0 Å². The fourth-order valence-electron chi connectivity index (χ4n) is 4.26. The monoisotopic (exact) mass is 453 g/mol. The minimum Gasteiger partial charge on any atom is -0.383 e. The number of pyridine rings is 1. The molecule has 0 amide bonds. The zero-order chi connectivity index (χ0) is 21.8. The quantitative estimate of drug-likeness (QED) is 0.611. The molecule has 2 aliphatic rings. The van der Waals surface area contributed by atoms with Gasteiger partial charge in [-0.25, -0.2) is 4.98 Å². The summed E-state index contributed by atoms with van der Waals surface area (Å²) >= 11 is 6.09. The second-order valence-corrected chi connectivity index (χ2v) is 8.53. The Morgan fingerprint density at radius 2 is 1.72 bits per heavy atom. The van der Waals surface area contributed by atoms with Crippen molar-refractivity contribution in [3.05, 3.63) is 47.7 Å². The number of piperazine rings is 1. The number of anilines is 3. The van der Waals surface area contributed by atoms with Gasteiger partial charge in [-0.3, -0.25) is 9.88 Å². The molecule has 2 aliphatic heterocycles. The van der Waals surface area contributed by atoms with E-state index in [0.717, 1.165) is 93.9 Å². The third kappa shape index (κ3) is 4.87. The number of hydrogen-bond donors (Lipinski definition) is 1. The molecule has 0 atom stereocenters. The number of fused-ring (bicyclic) bond motifs is 1. The molecule has 2 aromatic heterocycles. The van der Waals surface area contributed by atoms with Crippen LogP contribution in [0.25, 0.3) is 10.9 Å². The van der Waals surface area contributed by atoms with Crippen molar-refractivity contribution < 1.29 is 4.74 Å². The van der Waals surface area contributed by atoms with Crippen molar-refractivity contribution in [2.75, 3.05) is 80.7 Å². The molecule has 0 bridgehead atoms. The summed E-state index contributed by atoms with van der Waals surface area (Å²) in [5.41, 5.74) is 2.01. The van der Waals surface area contributed by atoms with Crippen molar-refractivity contribution in [3.63, 3.8) is 0 Å². The Labute approximate surface area is 193 Å². The highest BCUT2D eigenvalue weighted by atomic mass is 35.5. The number of benzene rings is 1. The smallest absolute Gasteiger partial charge is 0.227 e. The van der Waals surface area contributed by atoms with Crippen LogP contribution < -0.4 is 15.1 Å². The van der Waals surface area contributed by atoms with Gasteiger partial charge in [0.25, 0.3) is 0 Å². The fourth-order valence-corrected chi connectivity index (χ4v) is 4.42. The third-order valence-electron chi connectivity index (χ3n) is 6.07. The lowest BCUT2D eigenvalue weighted by Crippen LogP contribution is -2.48. The molecule has 9 heteroatoms. The van der Waals surface area contributed by atoms with Gasteiger partial charge >= 0.3 is 0 Å². The Morgan fingerprint density at radius 3 is 2.56 bits per heavy atom. The molecule has 3 aromatic rings. The van der Waals surface area contributed by atoms with Gasteiger partial charge in [-0.05, 0) is 30.3 Å². The zero-order valence-corrected chi connectivity index (χ0v) is 18.8. The van der Waals surface area contributed by atoms with E-state index in [4.69, 9.17) is 21.3 Å². The average molecular weight is 454 g/mol. The van der Waals surface area contributed by atoms with Crippen LogP contribution in [0.5, 0.6) is 0 Å². The van der Waals surface area contributed by atoms with Gasteiger partial charge in [0.2, 0.25) is 5.95 Å². The molecule has 8 nitrogen and oxygen atoms in total. The zero-order valence-electron chi connectivity index (χ0n) is 18.1. The van der Waals surface area contributed by atoms with Crippen molar-refractivity contribution in [2.45, 2.75) is 0 Å². The molecule has 0 aliphatic carbocycles. The number of nitrogens with one attached hydrogen (secondary N) is 1. The van der Waals surface area contributed by atoms with Crippen LogP contribution >= 0.6 is 11.6 Å². The van der Waals surface area contributed by atoms with Gasteiger partial charge in [-0.15, -0.1) is 0 Å². The van der Waals surface area contributed by atoms with Gasteiger partial charge < -0.3 is 19.9 Å². The van der Waals surface area contributed by atoms with Crippen molar-refractivity contribution in [2.24, 2.45) is 0 Å². The molecular formula is C23H28ClN7O. The van der Waals surface area contributed by atoms with Gasteiger partial charge in [-0.1, -0.05) is 11.6 Å². The van der Waals surface area contributed by atoms with Gasteiger partial charge in [-0.2, -0.15) is 4.98 Å². The minimum absolute atomic E-state index is 0.709.